The van der Waals surface area contributed by atoms with Gasteiger partial charge in [-0.25, -0.2) is 0 Å². The summed E-state index contributed by atoms with van der Waals surface area (Å²) in [5.74, 6) is 1.50. The van der Waals surface area contributed by atoms with E-state index >= 15 is 0 Å². The smallest absolute Gasteiger partial charge is 0.222 e. The maximum absolute atomic E-state index is 11.6. The molecule has 1 fully saturated rings. The van der Waals surface area contributed by atoms with E-state index in [1.807, 2.05) is 11.0 Å². The number of carbonyl (C=O) groups excluding carboxylic acids is 1. The molecule has 1 atom stereocenters. The molecule has 82 valence electrons. The normalized spacial score (nSPS) is 21.3. The van der Waals surface area contributed by atoms with Crippen LogP contribution in [-0.4, -0.2) is 29.6 Å². The van der Waals surface area contributed by atoms with Crippen molar-refractivity contribution in [1.29, 1.82) is 0 Å². The van der Waals surface area contributed by atoms with Crippen molar-refractivity contribution in [2.45, 2.75) is 12.8 Å². The van der Waals surface area contributed by atoms with E-state index in [1.54, 1.807) is 12.5 Å². The first kappa shape index (κ1) is 10.6. The summed E-state index contributed by atoms with van der Waals surface area (Å²) in [7, 11) is 0. The van der Waals surface area contributed by atoms with Crippen molar-refractivity contribution in [2.24, 2.45) is 5.92 Å². The molecule has 0 spiro atoms. The van der Waals surface area contributed by atoms with Gasteiger partial charge in [0, 0.05) is 19.5 Å². The Labute approximate surface area is 94.9 Å². The van der Waals surface area contributed by atoms with Crippen LogP contribution in [0.3, 0.4) is 0 Å². The summed E-state index contributed by atoms with van der Waals surface area (Å²) in [5, 5.41) is 0. The molecular weight excluding hydrogens is 210 g/mol. The van der Waals surface area contributed by atoms with Crippen LogP contribution in [-0.2, 0) is 11.2 Å². The lowest BCUT2D eigenvalue weighted by Crippen LogP contribution is -2.27. The first-order valence-corrected chi connectivity index (χ1v) is 5.82. The molecule has 0 N–H and O–H groups in total. The van der Waals surface area contributed by atoms with Gasteiger partial charge in [0.25, 0.3) is 0 Å². The molecule has 2 heterocycles. The number of thiol groups is 1. The number of carbonyl (C=O) groups is 1. The second kappa shape index (κ2) is 4.75. The Balaban J connectivity index is 1.83. The van der Waals surface area contributed by atoms with Crippen LogP contribution in [0.4, 0.5) is 0 Å². The monoisotopic (exact) mass is 225 g/mol. The largest absolute Gasteiger partial charge is 0.472 e. The molecule has 1 aliphatic rings. The van der Waals surface area contributed by atoms with Crippen molar-refractivity contribution in [3.8, 4) is 0 Å². The van der Waals surface area contributed by atoms with Gasteiger partial charge in [-0.1, -0.05) is 0 Å². The number of rotatable bonds is 4. The fraction of sp³-hybridized carbons (Fsp3) is 0.545. The van der Waals surface area contributed by atoms with Crippen molar-refractivity contribution < 1.29 is 9.21 Å². The number of furan rings is 1. The van der Waals surface area contributed by atoms with Crippen LogP contribution < -0.4 is 0 Å². The Hall–Kier alpha value is -0.900. The number of amides is 1. The van der Waals surface area contributed by atoms with E-state index in [0.29, 0.717) is 12.3 Å². The number of hydrogen-bond acceptors (Lipinski definition) is 3. The minimum absolute atomic E-state index is 0.262. The molecule has 0 saturated carbocycles. The van der Waals surface area contributed by atoms with Gasteiger partial charge in [-0.05, 0) is 29.7 Å². The van der Waals surface area contributed by atoms with Gasteiger partial charge in [-0.15, -0.1) is 0 Å². The Kier molecular flexibility index (Phi) is 3.36. The van der Waals surface area contributed by atoms with E-state index in [-0.39, 0.29) is 5.91 Å². The molecule has 1 aliphatic heterocycles. The molecule has 15 heavy (non-hydrogen) atoms. The Morgan fingerprint density at radius 2 is 2.47 bits per heavy atom. The average Bonchev–Trinajstić information content (AvgIpc) is 2.84. The second-order valence-electron chi connectivity index (χ2n) is 3.97. The lowest BCUT2D eigenvalue weighted by molar-refractivity contribution is -0.127. The zero-order chi connectivity index (χ0) is 10.7. The molecule has 1 aromatic rings. The van der Waals surface area contributed by atoms with Crippen LogP contribution in [0, 0.1) is 5.92 Å². The molecule has 0 aliphatic carbocycles. The third-order valence-corrected chi connectivity index (χ3v) is 3.32. The van der Waals surface area contributed by atoms with Gasteiger partial charge in [0.15, 0.2) is 0 Å². The maximum Gasteiger partial charge on any atom is 0.222 e. The summed E-state index contributed by atoms with van der Waals surface area (Å²) in [6.45, 7) is 1.66. The first-order valence-electron chi connectivity index (χ1n) is 5.19. The molecule has 4 heteroatoms. The van der Waals surface area contributed by atoms with Gasteiger partial charge < -0.3 is 9.32 Å². The van der Waals surface area contributed by atoms with Crippen molar-refractivity contribution in [2.75, 3.05) is 18.8 Å². The van der Waals surface area contributed by atoms with E-state index in [9.17, 15) is 4.79 Å². The molecule has 2 rings (SSSR count). The quantitative estimate of drug-likeness (QED) is 0.790. The highest BCUT2D eigenvalue weighted by molar-refractivity contribution is 7.80. The summed E-state index contributed by atoms with van der Waals surface area (Å²) in [6.07, 6.45) is 4.94. The predicted octanol–water partition coefficient (Wildman–Crippen LogP) is 1.60. The molecule has 0 aromatic carbocycles. The zero-order valence-electron chi connectivity index (χ0n) is 8.56. The van der Waals surface area contributed by atoms with E-state index in [0.717, 1.165) is 30.8 Å². The zero-order valence-corrected chi connectivity index (χ0v) is 9.45. The number of nitrogens with zero attached hydrogens (tertiary/aromatic N) is 1. The Morgan fingerprint density at radius 1 is 1.60 bits per heavy atom. The second-order valence-corrected chi connectivity index (χ2v) is 4.34. The Bertz CT molecular complexity index is 323. The van der Waals surface area contributed by atoms with Crippen molar-refractivity contribution in [3.05, 3.63) is 24.2 Å². The number of hydrogen-bond donors (Lipinski definition) is 1. The van der Waals surface area contributed by atoms with Crippen molar-refractivity contribution in [1.82, 2.24) is 4.90 Å². The third kappa shape index (κ3) is 2.56. The highest BCUT2D eigenvalue weighted by Gasteiger charge is 2.27. The lowest BCUT2D eigenvalue weighted by atomic mass is 10.1. The highest BCUT2D eigenvalue weighted by atomic mass is 32.1. The van der Waals surface area contributed by atoms with Crippen molar-refractivity contribution in [3.63, 3.8) is 0 Å². The fourth-order valence-electron chi connectivity index (χ4n) is 1.89. The first-order chi connectivity index (χ1) is 7.29. The predicted molar refractivity (Wildman–Crippen MR) is 61.0 cm³/mol. The molecule has 3 nitrogen and oxygen atoms in total. The number of likely N-dealkylation sites (tertiary alicyclic amines) is 1. The molecule has 0 radical (unpaired) electrons. The minimum atomic E-state index is 0.262. The molecule has 1 unspecified atom stereocenters. The van der Waals surface area contributed by atoms with Crippen molar-refractivity contribution >= 4 is 18.5 Å². The summed E-state index contributed by atoms with van der Waals surface area (Å²) >= 11 is 4.23. The third-order valence-electron chi connectivity index (χ3n) is 2.80. The van der Waals surface area contributed by atoms with Crippen LogP contribution in [0.2, 0.25) is 0 Å². The molecule has 1 saturated heterocycles. The maximum atomic E-state index is 11.6. The van der Waals surface area contributed by atoms with Crippen LogP contribution in [0.25, 0.3) is 0 Å². The van der Waals surface area contributed by atoms with Gasteiger partial charge in [-0.2, -0.15) is 12.6 Å². The summed E-state index contributed by atoms with van der Waals surface area (Å²) in [6, 6.07) is 1.94. The van der Waals surface area contributed by atoms with E-state index in [1.165, 1.54) is 0 Å². The molecule has 1 aromatic heterocycles. The standard InChI is InChI=1S/C11H15NO2S/c13-11-5-10(8-15)6-12(11)3-1-9-2-4-14-7-9/h2,4,7,10,15H,1,3,5-6,8H2. The van der Waals surface area contributed by atoms with Gasteiger partial charge in [0.2, 0.25) is 5.91 Å². The summed E-state index contributed by atoms with van der Waals surface area (Å²) in [5.41, 5.74) is 1.15. The van der Waals surface area contributed by atoms with E-state index in [4.69, 9.17) is 4.42 Å². The summed E-state index contributed by atoms with van der Waals surface area (Å²) < 4.78 is 4.98. The van der Waals surface area contributed by atoms with E-state index < -0.39 is 0 Å². The topological polar surface area (TPSA) is 33.5 Å². The van der Waals surface area contributed by atoms with Crippen LogP contribution in [0.5, 0.6) is 0 Å². The molecule has 1 amide bonds. The van der Waals surface area contributed by atoms with Gasteiger partial charge in [0.05, 0.1) is 12.5 Å². The highest BCUT2D eigenvalue weighted by Crippen LogP contribution is 2.19. The van der Waals surface area contributed by atoms with Crippen LogP contribution in [0.1, 0.15) is 12.0 Å². The summed E-state index contributed by atoms with van der Waals surface area (Å²) in [4.78, 5) is 13.5. The SMILES string of the molecule is O=C1CC(CS)CN1CCc1ccoc1. The minimum Gasteiger partial charge on any atom is -0.472 e. The van der Waals surface area contributed by atoms with Crippen LogP contribution >= 0.6 is 12.6 Å². The van der Waals surface area contributed by atoms with Gasteiger partial charge in [0.1, 0.15) is 0 Å². The van der Waals surface area contributed by atoms with Crippen LogP contribution in [0.15, 0.2) is 23.0 Å². The molecular formula is C11H15NO2S. The van der Waals surface area contributed by atoms with E-state index in [2.05, 4.69) is 12.6 Å². The van der Waals surface area contributed by atoms with Gasteiger partial charge in [-0.3, -0.25) is 4.79 Å². The average molecular weight is 225 g/mol. The Morgan fingerprint density at radius 3 is 3.07 bits per heavy atom. The lowest BCUT2D eigenvalue weighted by Gasteiger charge is -2.15. The van der Waals surface area contributed by atoms with Gasteiger partial charge >= 0.3 is 0 Å². The molecule has 0 bridgehead atoms. The fourth-order valence-corrected chi connectivity index (χ4v) is 2.14.